The molecule has 0 fully saturated rings. The van der Waals surface area contributed by atoms with E-state index in [4.69, 9.17) is 4.74 Å². The molecule has 1 atom stereocenters. The summed E-state index contributed by atoms with van der Waals surface area (Å²) >= 11 is 0. The Kier molecular flexibility index (Phi) is 6.80. The molecule has 0 aromatic carbocycles. The molecule has 7 heteroatoms. The zero-order valence-corrected chi connectivity index (χ0v) is 15.7. The van der Waals surface area contributed by atoms with Crippen molar-refractivity contribution in [1.29, 1.82) is 0 Å². The normalized spacial score (nSPS) is 12.8. The largest absolute Gasteiger partial charge is 0.490 e. The van der Waals surface area contributed by atoms with Gasteiger partial charge in [0.05, 0.1) is 18.4 Å². The smallest absolute Gasteiger partial charge is 0.191 e. The van der Waals surface area contributed by atoms with Crippen molar-refractivity contribution in [3.8, 4) is 5.75 Å². The minimum atomic E-state index is 0.243. The van der Waals surface area contributed by atoms with Crippen LogP contribution in [-0.2, 0) is 13.5 Å². The van der Waals surface area contributed by atoms with Gasteiger partial charge in [0, 0.05) is 32.0 Å². The topological polar surface area (TPSA) is 76.4 Å². The molecular formula is C18H28N6O. The molecule has 1 unspecified atom stereocenters. The van der Waals surface area contributed by atoms with Crippen molar-refractivity contribution >= 4 is 5.96 Å². The first kappa shape index (κ1) is 18.8. The van der Waals surface area contributed by atoms with E-state index in [1.165, 1.54) is 11.3 Å². The van der Waals surface area contributed by atoms with Gasteiger partial charge in [-0.05, 0) is 44.9 Å². The third kappa shape index (κ3) is 5.48. The summed E-state index contributed by atoms with van der Waals surface area (Å²) in [5.74, 6) is 1.53. The van der Waals surface area contributed by atoms with Crippen molar-refractivity contribution in [2.24, 2.45) is 12.0 Å². The molecule has 0 radical (unpaired) electrons. The van der Waals surface area contributed by atoms with Crippen LogP contribution in [0.2, 0.25) is 0 Å². The van der Waals surface area contributed by atoms with Crippen LogP contribution in [0, 0.1) is 13.8 Å². The highest BCUT2D eigenvalue weighted by molar-refractivity contribution is 5.79. The second-order valence-electron chi connectivity index (χ2n) is 6.06. The third-order valence-electron chi connectivity index (χ3n) is 4.07. The van der Waals surface area contributed by atoms with Crippen LogP contribution in [-0.4, -0.2) is 47.0 Å². The maximum absolute atomic E-state index is 5.62. The molecule has 0 saturated heterocycles. The fourth-order valence-electron chi connectivity index (χ4n) is 2.67. The Labute approximate surface area is 149 Å². The molecule has 7 nitrogen and oxygen atoms in total. The molecule has 0 aliphatic rings. The van der Waals surface area contributed by atoms with Gasteiger partial charge in [0.15, 0.2) is 5.96 Å². The summed E-state index contributed by atoms with van der Waals surface area (Å²) in [5, 5.41) is 11.1. The van der Waals surface area contributed by atoms with Crippen LogP contribution in [0.5, 0.6) is 5.75 Å². The number of guanidine groups is 1. The summed E-state index contributed by atoms with van der Waals surface area (Å²) in [4.78, 5) is 8.29. The van der Waals surface area contributed by atoms with E-state index in [2.05, 4.69) is 46.5 Å². The van der Waals surface area contributed by atoms with Gasteiger partial charge >= 0.3 is 0 Å². The summed E-state index contributed by atoms with van der Waals surface area (Å²) in [6.45, 7) is 7.50. The van der Waals surface area contributed by atoms with Crippen molar-refractivity contribution in [2.45, 2.75) is 33.2 Å². The molecule has 0 spiro atoms. The van der Waals surface area contributed by atoms with E-state index in [0.717, 1.165) is 23.8 Å². The Morgan fingerprint density at radius 2 is 2.20 bits per heavy atom. The standard InChI is InChI=1S/C18H28N6O/c1-13(11-17-14(2)23-24(5)15(17)3)22-18(19-4)21-9-10-25-16-7-6-8-20-12-16/h6-8,12-13H,9-11H2,1-5H3,(H2,19,21,22). The SMILES string of the molecule is CN=C(NCCOc1cccnc1)NC(C)Cc1c(C)nn(C)c1C. The Bertz CT molecular complexity index is 695. The molecule has 2 N–H and O–H groups in total. The Morgan fingerprint density at radius 3 is 2.80 bits per heavy atom. The molecule has 0 aliphatic carbocycles. The maximum atomic E-state index is 5.62. The van der Waals surface area contributed by atoms with Crippen LogP contribution < -0.4 is 15.4 Å². The van der Waals surface area contributed by atoms with E-state index < -0.39 is 0 Å². The van der Waals surface area contributed by atoms with E-state index in [-0.39, 0.29) is 6.04 Å². The van der Waals surface area contributed by atoms with Crippen LogP contribution in [0.25, 0.3) is 0 Å². The van der Waals surface area contributed by atoms with Crippen molar-refractivity contribution in [3.63, 3.8) is 0 Å². The van der Waals surface area contributed by atoms with Gasteiger partial charge in [-0.25, -0.2) is 0 Å². The number of rotatable bonds is 7. The number of nitrogens with zero attached hydrogens (tertiary/aromatic N) is 4. The molecule has 0 bridgehead atoms. The molecule has 2 rings (SSSR count). The summed E-state index contributed by atoms with van der Waals surface area (Å²) < 4.78 is 7.55. The highest BCUT2D eigenvalue weighted by Gasteiger charge is 2.13. The van der Waals surface area contributed by atoms with Crippen LogP contribution in [0.15, 0.2) is 29.5 Å². The maximum Gasteiger partial charge on any atom is 0.191 e. The molecule has 0 aliphatic heterocycles. The molecule has 0 saturated carbocycles. The molecule has 2 aromatic heterocycles. The van der Waals surface area contributed by atoms with Gasteiger partial charge in [-0.15, -0.1) is 0 Å². The van der Waals surface area contributed by atoms with Crippen molar-refractivity contribution in [3.05, 3.63) is 41.5 Å². The lowest BCUT2D eigenvalue weighted by molar-refractivity contribution is 0.320. The van der Waals surface area contributed by atoms with E-state index >= 15 is 0 Å². The van der Waals surface area contributed by atoms with Crippen LogP contribution >= 0.6 is 0 Å². The highest BCUT2D eigenvalue weighted by atomic mass is 16.5. The predicted octanol–water partition coefficient (Wildman–Crippen LogP) is 1.61. The first-order valence-electron chi connectivity index (χ1n) is 8.50. The first-order chi connectivity index (χ1) is 12.0. The Balaban J connectivity index is 1.77. The first-order valence-corrected chi connectivity index (χ1v) is 8.50. The lowest BCUT2D eigenvalue weighted by Gasteiger charge is -2.18. The number of nitrogens with one attached hydrogen (secondary N) is 2. The third-order valence-corrected chi connectivity index (χ3v) is 4.07. The van der Waals surface area contributed by atoms with Gasteiger partial charge in [0.2, 0.25) is 0 Å². The minimum Gasteiger partial charge on any atom is -0.490 e. The van der Waals surface area contributed by atoms with Crippen molar-refractivity contribution in [2.75, 3.05) is 20.2 Å². The van der Waals surface area contributed by atoms with Crippen molar-refractivity contribution in [1.82, 2.24) is 25.4 Å². The van der Waals surface area contributed by atoms with E-state index in [0.29, 0.717) is 13.2 Å². The van der Waals surface area contributed by atoms with Crippen LogP contribution in [0.1, 0.15) is 23.9 Å². The minimum absolute atomic E-state index is 0.243. The lowest BCUT2D eigenvalue weighted by Crippen LogP contribution is -2.44. The monoisotopic (exact) mass is 344 g/mol. The second-order valence-corrected chi connectivity index (χ2v) is 6.06. The number of aromatic nitrogens is 3. The quantitative estimate of drug-likeness (QED) is 0.453. The Morgan fingerprint density at radius 1 is 1.40 bits per heavy atom. The van der Waals surface area contributed by atoms with Gasteiger partial charge in [0.25, 0.3) is 0 Å². The number of pyridine rings is 1. The van der Waals surface area contributed by atoms with Gasteiger partial charge in [-0.1, -0.05) is 0 Å². The fraction of sp³-hybridized carbons (Fsp3) is 0.500. The fourth-order valence-corrected chi connectivity index (χ4v) is 2.67. The second kappa shape index (κ2) is 9.05. The summed E-state index contributed by atoms with van der Waals surface area (Å²) in [6.07, 6.45) is 4.33. The average Bonchev–Trinajstić information content (AvgIpc) is 2.84. The lowest BCUT2D eigenvalue weighted by atomic mass is 10.1. The van der Waals surface area contributed by atoms with Gasteiger partial charge in [-0.3, -0.25) is 14.7 Å². The molecule has 0 amide bonds. The molecular weight excluding hydrogens is 316 g/mol. The average molecular weight is 344 g/mol. The van der Waals surface area contributed by atoms with E-state index in [1.807, 2.05) is 23.9 Å². The highest BCUT2D eigenvalue weighted by Crippen LogP contribution is 2.14. The van der Waals surface area contributed by atoms with E-state index in [9.17, 15) is 0 Å². The predicted molar refractivity (Wildman–Crippen MR) is 100 cm³/mol. The number of aryl methyl sites for hydroxylation is 2. The molecule has 2 heterocycles. The van der Waals surface area contributed by atoms with Crippen molar-refractivity contribution < 1.29 is 4.74 Å². The summed E-state index contributed by atoms with van der Waals surface area (Å²) in [6, 6.07) is 3.99. The van der Waals surface area contributed by atoms with Gasteiger partial charge < -0.3 is 15.4 Å². The number of aliphatic imine (C=N–C) groups is 1. The number of hydrogen-bond acceptors (Lipinski definition) is 4. The number of hydrogen-bond donors (Lipinski definition) is 2. The zero-order chi connectivity index (χ0) is 18.2. The summed E-state index contributed by atoms with van der Waals surface area (Å²) in [7, 11) is 3.75. The summed E-state index contributed by atoms with van der Waals surface area (Å²) in [5.41, 5.74) is 3.58. The van der Waals surface area contributed by atoms with Crippen LogP contribution in [0.3, 0.4) is 0 Å². The van der Waals surface area contributed by atoms with Gasteiger partial charge in [-0.2, -0.15) is 5.10 Å². The zero-order valence-electron chi connectivity index (χ0n) is 15.7. The molecule has 25 heavy (non-hydrogen) atoms. The Hall–Kier alpha value is -2.57. The number of ether oxygens (including phenoxy) is 1. The van der Waals surface area contributed by atoms with Gasteiger partial charge in [0.1, 0.15) is 12.4 Å². The molecule has 136 valence electrons. The molecule has 2 aromatic rings. The van der Waals surface area contributed by atoms with Crippen LogP contribution in [0.4, 0.5) is 0 Å². The van der Waals surface area contributed by atoms with E-state index in [1.54, 1.807) is 19.4 Å².